The Morgan fingerprint density at radius 3 is 2.55 bits per heavy atom. The topological polar surface area (TPSA) is 42.7 Å². The number of aromatic nitrogens is 3. The number of benzene rings is 3. The van der Waals surface area contributed by atoms with Gasteiger partial charge in [0.05, 0.1) is 0 Å². The van der Waals surface area contributed by atoms with Gasteiger partial charge < -0.3 is 9.88 Å². The largest absolute Gasteiger partial charge is 0.317 e. The van der Waals surface area contributed by atoms with Crippen molar-refractivity contribution in [3.63, 3.8) is 0 Å². The van der Waals surface area contributed by atoms with Gasteiger partial charge in [-0.15, -0.1) is 0 Å². The van der Waals surface area contributed by atoms with E-state index >= 15 is 0 Å². The van der Waals surface area contributed by atoms with E-state index in [1.54, 1.807) is 0 Å². The minimum Gasteiger partial charge on any atom is -0.317 e. The highest BCUT2D eigenvalue weighted by molar-refractivity contribution is 5.89. The summed E-state index contributed by atoms with van der Waals surface area (Å²) in [4.78, 5) is 10.1. The van der Waals surface area contributed by atoms with Crippen LogP contribution in [-0.4, -0.2) is 27.6 Å². The lowest BCUT2D eigenvalue weighted by Crippen LogP contribution is -2.29. The van der Waals surface area contributed by atoms with E-state index in [-0.39, 0.29) is 0 Å². The Morgan fingerprint density at radius 2 is 1.70 bits per heavy atom. The maximum absolute atomic E-state index is 5.13. The molecule has 0 spiro atoms. The molecule has 0 aliphatic carbocycles. The summed E-state index contributed by atoms with van der Waals surface area (Å²) in [5.74, 6) is 0.990. The molecular weight excluding hydrogens is 404 g/mol. The Balaban J connectivity index is 1.52. The van der Waals surface area contributed by atoms with E-state index in [1.807, 2.05) is 12.3 Å². The Kier molecular flexibility index (Phi) is 5.00. The molecule has 162 valence electrons. The molecule has 6 rings (SSSR count). The average Bonchev–Trinajstić information content (AvgIpc) is 3.28. The van der Waals surface area contributed by atoms with Crippen molar-refractivity contribution in [3.8, 4) is 22.5 Å². The van der Waals surface area contributed by atoms with E-state index < -0.39 is 0 Å². The highest BCUT2D eigenvalue weighted by atomic mass is 15.2. The molecule has 1 aliphatic rings. The first-order valence-electron chi connectivity index (χ1n) is 11.6. The zero-order chi connectivity index (χ0) is 22.2. The van der Waals surface area contributed by atoms with Gasteiger partial charge in [0.15, 0.2) is 5.65 Å². The SMILES string of the molecule is C=Cc1cccc(-c2nc3cc(-c4ccc5ccccc5c4)cnc3n2C2CCNCC2)c1. The lowest BCUT2D eigenvalue weighted by Gasteiger charge is -2.26. The number of nitrogens with one attached hydrogen (secondary N) is 1. The van der Waals surface area contributed by atoms with Crippen molar-refractivity contribution in [2.24, 2.45) is 0 Å². The van der Waals surface area contributed by atoms with Gasteiger partial charge in [0, 0.05) is 23.4 Å². The molecule has 0 saturated carbocycles. The van der Waals surface area contributed by atoms with Crippen LogP contribution >= 0.6 is 0 Å². The number of hydrogen-bond donors (Lipinski definition) is 1. The van der Waals surface area contributed by atoms with Crippen molar-refractivity contribution in [1.29, 1.82) is 0 Å². The molecule has 0 radical (unpaired) electrons. The predicted octanol–water partition coefficient (Wildman–Crippen LogP) is 6.49. The van der Waals surface area contributed by atoms with Crippen LogP contribution in [0.25, 0.3) is 50.5 Å². The number of nitrogens with zero attached hydrogens (tertiary/aromatic N) is 3. The smallest absolute Gasteiger partial charge is 0.160 e. The fraction of sp³-hybridized carbons (Fsp3) is 0.172. The van der Waals surface area contributed by atoms with Gasteiger partial charge in [-0.25, -0.2) is 9.97 Å². The number of pyridine rings is 1. The minimum absolute atomic E-state index is 0.387. The lowest BCUT2D eigenvalue weighted by molar-refractivity contribution is 0.376. The van der Waals surface area contributed by atoms with Crippen LogP contribution in [0.15, 0.2) is 85.6 Å². The molecule has 3 heterocycles. The summed E-state index contributed by atoms with van der Waals surface area (Å²) in [5.41, 5.74) is 6.37. The maximum atomic E-state index is 5.13. The second kappa shape index (κ2) is 8.30. The van der Waals surface area contributed by atoms with E-state index in [2.05, 4.69) is 89.3 Å². The Morgan fingerprint density at radius 1 is 0.848 bits per heavy atom. The molecule has 5 aromatic rings. The predicted molar refractivity (Wildman–Crippen MR) is 137 cm³/mol. The zero-order valence-corrected chi connectivity index (χ0v) is 18.5. The fourth-order valence-electron chi connectivity index (χ4n) is 4.93. The summed E-state index contributed by atoms with van der Waals surface area (Å²) in [6.07, 6.45) is 6.04. The quantitative estimate of drug-likeness (QED) is 0.355. The van der Waals surface area contributed by atoms with Gasteiger partial charge in [0.25, 0.3) is 0 Å². The van der Waals surface area contributed by atoms with E-state index in [0.717, 1.165) is 65.2 Å². The second-order valence-corrected chi connectivity index (χ2v) is 8.74. The first-order valence-corrected chi connectivity index (χ1v) is 11.6. The molecule has 0 bridgehead atoms. The summed E-state index contributed by atoms with van der Waals surface area (Å²) < 4.78 is 2.36. The van der Waals surface area contributed by atoms with E-state index in [4.69, 9.17) is 9.97 Å². The van der Waals surface area contributed by atoms with Crippen LogP contribution in [0.3, 0.4) is 0 Å². The lowest BCUT2D eigenvalue weighted by atomic mass is 10.0. The van der Waals surface area contributed by atoms with Gasteiger partial charge in [-0.05, 0) is 66.0 Å². The van der Waals surface area contributed by atoms with Crippen molar-refractivity contribution < 1.29 is 0 Å². The molecule has 33 heavy (non-hydrogen) atoms. The monoisotopic (exact) mass is 430 g/mol. The summed E-state index contributed by atoms with van der Waals surface area (Å²) in [7, 11) is 0. The van der Waals surface area contributed by atoms with Crippen molar-refractivity contribution in [2.75, 3.05) is 13.1 Å². The van der Waals surface area contributed by atoms with Crippen LogP contribution in [0.2, 0.25) is 0 Å². The normalized spacial score (nSPS) is 14.7. The van der Waals surface area contributed by atoms with Crippen LogP contribution in [-0.2, 0) is 0 Å². The third kappa shape index (κ3) is 3.62. The zero-order valence-electron chi connectivity index (χ0n) is 18.5. The van der Waals surface area contributed by atoms with Gasteiger partial charge in [-0.1, -0.05) is 67.3 Å². The van der Waals surface area contributed by atoms with E-state index in [1.165, 1.54) is 10.8 Å². The molecular formula is C29H26N4. The van der Waals surface area contributed by atoms with Gasteiger partial charge in [-0.2, -0.15) is 0 Å². The van der Waals surface area contributed by atoms with Crippen molar-refractivity contribution >= 4 is 28.0 Å². The highest BCUT2D eigenvalue weighted by Crippen LogP contribution is 2.34. The average molecular weight is 431 g/mol. The van der Waals surface area contributed by atoms with E-state index in [9.17, 15) is 0 Å². The minimum atomic E-state index is 0.387. The molecule has 4 nitrogen and oxygen atoms in total. The molecule has 1 aliphatic heterocycles. The Bertz CT molecular complexity index is 1470. The van der Waals surface area contributed by atoms with Crippen LogP contribution < -0.4 is 5.32 Å². The number of rotatable bonds is 4. The Labute approximate surface area is 193 Å². The van der Waals surface area contributed by atoms with Gasteiger partial charge in [0.2, 0.25) is 0 Å². The standard InChI is InChI=1S/C29H26N4/c1-2-20-6-5-9-24(16-20)28-32-27-18-25(23-11-10-21-7-3-4-8-22(21)17-23)19-31-29(27)33(28)26-12-14-30-15-13-26/h2-11,16-19,26,30H,1,12-15H2. The molecule has 2 aromatic heterocycles. The summed E-state index contributed by atoms with van der Waals surface area (Å²) >= 11 is 0. The van der Waals surface area contributed by atoms with E-state index in [0.29, 0.717) is 6.04 Å². The molecule has 0 unspecified atom stereocenters. The molecule has 4 heteroatoms. The van der Waals surface area contributed by atoms with Crippen LogP contribution in [0.4, 0.5) is 0 Å². The van der Waals surface area contributed by atoms with Gasteiger partial charge in [-0.3, -0.25) is 0 Å². The summed E-state index contributed by atoms with van der Waals surface area (Å²) in [6.45, 7) is 5.98. The first kappa shape index (κ1) is 19.9. The van der Waals surface area contributed by atoms with Crippen LogP contribution in [0.1, 0.15) is 24.4 Å². The summed E-state index contributed by atoms with van der Waals surface area (Å²) in [6, 6.07) is 26.1. The van der Waals surface area contributed by atoms with Crippen molar-refractivity contribution in [3.05, 3.63) is 91.1 Å². The second-order valence-electron chi connectivity index (χ2n) is 8.74. The van der Waals surface area contributed by atoms with Crippen LogP contribution in [0.5, 0.6) is 0 Å². The molecule has 0 amide bonds. The first-order chi connectivity index (χ1) is 16.3. The van der Waals surface area contributed by atoms with Crippen molar-refractivity contribution in [2.45, 2.75) is 18.9 Å². The number of fused-ring (bicyclic) bond motifs is 2. The molecule has 1 saturated heterocycles. The molecule has 3 aromatic carbocycles. The van der Waals surface area contributed by atoms with Crippen molar-refractivity contribution in [1.82, 2.24) is 19.9 Å². The molecule has 0 atom stereocenters. The molecule has 1 N–H and O–H groups in total. The van der Waals surface area contributed by atoms with Crippen LogP contribution in [0, 0.1) is 0 Å². The molecule has 1 fully saturated rings. The maximum Gasteiger partial charge on any atom is 0.160 e. The summed E-state index contributed by atoms with van der Waals surface area (Å²) in [5, 5.41) is 5.96. The number of hydrogen-bond acceptors (Lipinski definition) is 3. The van der Waals surface area contributed by atoms with Gasteiger partial charge >= 0.3 is 0 Å². The number of imidazole rings is 1. The third-order valence-electron chi connectivity index (χ3n) is 6.67. The Hall–Kier alpha value is -3.76. The van der Waals surface area contributed by atoms with Gasteiger partial charge in [0.1, 0.15) is 11.3 Å². The fourth-order valence-corrected chi connectivity index (χ4v) is 4.93. The highest BCUT2D eigenvalue weighted by Gasteiger charge is 2.23. The number of piperidine rings is 1. The third-order valence-corrected chi connectivity index (χ3v) is 6.67.